The minimum Gasteiger partial charge on any atom is -0.461 e. The lowest BCUT2D eigenvalue weighted by Crippen LogP contribution is -2.11. The summed E-state index contributed by atoms with van der Waals surface area (Å²) in [6, 6.07) is 21.8. The van der Waals surface area contributed by atoms with Gasteiger partial charge < -0.3 is 10.1 Å². The fourth-order valence-corrected chi connectivity index (χ4v) is 3.73. The van der Waals surface area contributed by atoms with Gasteiger partial charge in [-0.2, -0.15) is 5.10 Å². The standard InChI is InChI=1S/C26H21N5O4/c1-3-34-26(33)23-15-24(31(28-23)20-9-4-6-16(2)12-20)17-7-5-8-19(13-17)27-25(32)18-10-11-21-22(14-18)30-35-29-21/h4-15H,3H2,1-2H3,(H,27,32). The van der Waals surface area contributed by atoms with Gasteiger partial charge in [-0.3, -0.25) is 4.79 Å². The molecule has 0 radical (unpaired) electrons. The van der Waals surface area contributed by atoms with E-state index in [0.717, 1.165) is 16.8 Å². The molecular weight excluding hydrogens is 446 g/mol. The molecule has 0 aliphatic heterocycles. The molecule has 5 aromatic rings. The molecule has 0 fully saturated rings. The minimum atomic E-state index is -0.498. The minimum absolute atomic E-state index is 0.201. The Bertz CT molecular complexity index is 1550. The summed E-state index contributed by atoms with van der Waals surface area (Å²) >= 11 is 0. The molecule has 0 aliphatic carbocycles. The molecule has 9 heteroatoms. The molecule has 0 spiro atoms. The highest BCUT2D eigenvalue weighted by atomic mass is 16.6. The van der Waals surface area contributed by atoms with Crippen molar-refractivity contribution in [1.29, 1.82) is 0 Å². The van der Waals surface area contributed by atoms with Gasteiger partial charge in [0.2, 0.25) is 0 Å². The molecule has 0 unspecified atom stereocenters. The average molecular weight is 467 g/mol. The fourth-order valence-electron chi connectivity index (χ4n) is 3.73. The molecule has 0 aliphatic rings. The number of hydrogen-bond donors (Lipinski definition) is 1. The second-order valence-corrected chi connectivity index (χ2v) is 7.89. The van der Waals surface area contributed by atoms with Crippen LogP contribution in [-0.4, -0.2) is 38.6 Å². The molecule has 2 heterocycles. The Balaban J connectivity index is 1.50. The zero-order chi connectivity index (χ0) is 24.4. The second-order valence-electron chi connectivity index (χ2n) is 7.89. The van der Waals surface area contributed by atoms with Crippen LogP contribution in [0.3, 0.4) is 0 Å². The van der Waals surface area contributed by atoms with Crippen molar-refractivity contribution in [2.45, 2.75) is 13.8 Å². The number of benzene rings is 3. The third-order valence-corrected chi connectivity index (χ3v) is 5.37. The number of aryl methyl sites for hydroxylation is 1. The van der Waals surface area contributed by atoms with E-state index in [4.69, 9.17) is 9.37 Å². The lowest BCUT2D eigenvalue weighted by atomic mass is 10.1. The summed E-state index contributed by atoms with van der Waals surface area (Å²) in [7, 11) is 0. The van der Waals surface area contributed by atoms with Crippen molar-refractivity contribution < 1.29 is 19.0 Å². The Morgan fingerprint density at radius 1 is 0.971 bits per heavy atom. The van der Waals surface area contributed by atoms with E-state index in [1.807, 2.05) is 49.4 Å². The van der Waals surface area contributed by atoms with Gasteiger partial charge in [0.15, 0.2) is 5.69 Å². The SMILES string of the molecule is CCOC(=O)c1cc(-c2cccc(NC(=O)c3ccc4nonc4c3)c2)n(-c2cccc(C)c2)n1. The number of esters is 1. The molecule has 0 atom stereocenters. The largest absolute Gasteiger partial charge is 0.461 e. The van der Waals surface area contributed by atoms with Crippen LogP contribution in [0.5, 0.6) is 0 Å². The van der Waals surface area contributed by atoms with Crippen LogP contribution in [0.1, 0.15) is 33.3 Å². The van der Waals surface area contributed by atoms with Crippen molar-refractivity contribution in [1.82, 2.24) is 20.1 Å². The predicted molar refractivity (Wildman–Crippen MR) is 129 cm³/mol. The fraction of sp³-hybridized carbons (Fsp3) is 0.115. The monoisotopic (exact) mass is 467 g/mol. The Morgan fingerprint density at radius 3 is 2.63 bits per heavy atom. The van der Waals surface area contributed by atoms with E-state index >= 15 is 0 Å². The summed E-state index contributed by atoms with van der Waals surface area (Å²) in [5.74, 6) is -0.797. The van der Waals surface area contributed by atoms with Crippen molar-refractivity contribution >= 4 is 28.6 Å². The smallest absolute Gasteiger partial charge is 0.358 e. The molecule has 0 saturated heterocycles. The second kappa shape index (κ2) is 9.22. The van der Waals surface area contributed by atoms with E-state index in [1.54, 1.807) is 41.9 Å². The number of anilines is 1. The lowest BCUT2D eigenvalue weighted by molar-refractivity contribution is 0.0519. The first kappa shape index (κ1) is 22.0. The number of fused-ring (bicyclic) bond motifs is 1. The molecular formula is C26H21N5O4. The van der Waals surface area contributed by atoms with Crippen LogP contribution < -0.4 is 5.32 Å². The van der Waals surface area contributed by atoms with Crippen LogP contribution in [0.4, 0.5) is 5.69 Å². The molecule has 2 aromatic heterocycles. The zero-order valence-electron chi connectivity index (χ0n) is 19.1. The number of nitrogens with zero attached hydrogens (tertiary/aromatic N) is 4. The third kappa shape index (κ3) is 4.51. The van der Waals surface area contributed by atoms with Crippen molar-refractivity contribution in [3.63, 3.8) is 0 Å². The van der Waals surface area contributed by atoms with Crippen molar-refractivity contribution in [3.05, 3.63) is 89.6 Å². The molecule has 0 bridgehead atoms. The van der Waals surface area contributed by atoms with Crippen LogP contribution in [0, 0.1) is 6.92 Å². The van der Waals surface area contributed by atoms with Gasteiger partial charge in [-0.25, -0.2) is 14.1 Å². The zero-order valence-corrected chi connectivity index (χ0v) is 19.1. The summed E-state index contributed by atoms with van der Waals surface area (Å²) in [4.78, 5) is 25.3. The molecule has 1 N–H and O–H groups in total. The first-order valence-electron chi connectivity index (χ1n) is 11.0. The summed E-state index contributed by atoms with van der Waals surface area (Å²) in [5, 5.41) is 15.0. The predicted octanol–water partition coefficient (Wildman–Crippen LogP) is 4.81. The molecule has 5 rings (SSSR count). The average Bonchev–Trinajstić information content (AvgIpc) is 3.51. The molecule has 9 nitrogen and oxygen atoms in total. The molecule has 1 amide bonds. The Kier molecular flexibility index (Phi) is 5.80. The summed E-state index contributed by atoms with van der Waals surface area (Å²) < 4.78 is 11.6. The van der Waals surface area contributed by atoms with Gasteiger partial charge in [-0.05, 0) is 78.3 Å². The van der Waals surface area contributed by atoms with Gasteiger partial charge >= 0.3 is 5.97 Å². The van der Waals surface area contributed by atoms with E-state index in [0.29, 0.717) is 28.0 Å². The normalized spacial score (nSPS) is 10.9. The van der Waals surface area contributed by atoms with Gasteiger partial charge in [0, 0.05) is 16.8 Å². The van der Waals surface area contributed by atoms with Crippen LogP contribution >= 0.6 is 0 Å². The quantitative estimate of drug-likeness (QED) is 0.357. The van der Waals surface area contributed by atoms with Crippen molar-refractivity contribution in [2.75, 3.05) is 11.9 Å². The summed E-state index contributed by atoms with van der Waals surface area (Å²) in [6.07, 6.45) is 0. The maximum Gasteiger partial charge on any atom is 0.358 e. The van der Waals surface area contributed by atoms with Gasteiger partial charge in [0.1, 0.15) is 11.0 Å². The molecule has 3 aromatic carbocycles. The number of nitrogens with one attached hydrogen (secondary N) is 1. The first-order valence-corrected chi connectivity index (χ1v) is 11.0. The molecule has 0 saturated carbocycles. The van der Waals surface area contributed by atoms with E-state index in [2.05, 4.69) is 20.7 Å². The maximum absolute atomic E-state index is 12.9. The highest BCUT2D eigenvalue weighted by molar-refractivity contribution is 6.06. The number of ether oxygens (including phenoxy) is 1. The number of hydrogen-bond acceptors (Lipinski definition) is 7. The highest BCUT2D eigenvalue weighted by Crippen LogP contribution is 2.27. The Labute approximate surface area is 200 Å². The van der Waals surface area contributed by atoms with Crippen molar-refractivity contribution in [3.8, 4) is 16.9 Å². The summed E-state index contributed by atoms with van der Waals surface area (Å²) in [5.41, 5.74) is 5.60. The number of rotatable bonds is 6. The number of carbonyl (C=O) groups is 2. The third-order valence-electron chi connectivity index (χ3n) is 5.37. The topological polar surface area (TPSA) is 112 Å². The highest BCUT2D eigenvalue weighted by Gasteiger charge is 2.18. The van der Waals surface area contributed by atoms with Gasteiger partial charge in [-0.1, -0.05) is 24.3 Å². The van der Waals surface area contributed by atoms with Crippen LogP contribution in [0.15, 0.2) is 77.4 Å². The Morgan fingerprint density at radius 2 is 1.80 bits per heavy atom. The van der Waals surface area contributed by atoms with E-state index in [1.165, 1.54) is 0 Å². The number of amides is 1. The number of carbonyl (C=O) groups excluding carboxylic acids is 2. The van der Waals surface area contributed by atoms with Gasteiger partial charge in [0.25, 0.3) is 5.91 Å². The maximum atomic E-state index is 12.9. The van der Waals surface area contributed by atoms with E-state index < -0.39 is 5.97 Å². The van der Waals surface area contributed by atoms with Crippen LogP contribution in [0.2, 0.25) is 0 Å². The molecule has 35 heavy (non-hydrogen) atoms. The van der Waals surface area contributed by atoms with Gasteiger partial charge in [-0.15, -0.1) is 0 Å². The lowest BCUT2D eigenvalue weighted by Gasteiger charge is -2.10. The van der Waals surface area contributed by atoms with Crippen molar-refractivity contribution in [2.24, 2.45) is 0 Å². The summed E-state index contributed by atoms with van der Waals surface area (Å²) in [6.45, 7) is 3.99. The van der Waals surface area contributed by atoms with Crippen LogP contribution in [-0.2, 0) is 4.74 Å². The van der Waals surface area contributed by atoms with Crippen LogP contribution in [0.25, 0.3) is 28.0 Å². The Hall–Kier alpha value is -4.79. The number of aromatic nitrogens is 4. The first-order chi connectivity index (χ1) is 17.0. The van der Waals surface area contributed by atoms with Gasteiger partial charge in [0.05, 0.1) is 18.0 Å². The van der Waals surface area contributed by atoms with E-state index in [-0.39, 0.29) is 18.2 Å². The molecule has 174 valence electrons. The van der Waals surface area contributed by atoms with E-state index in [9.17, 15) is 9.59 Å².